The van der Waals surface area contributed by atoms with Gasteiger partial charge in [-0.1, -0.05) is 37.3 Å². The van der Waals surface area contributed by atoms with E-state index in [1.54, 1.807) is 0 Å². The molecule has 0 spiro atoms. The van der Waals surface area contributed by atoms with Crippen molar-refractivity contribution in [2.24, 2.45) is 0 Å². The molecule has 0 aromatic heterocycles. The van der Waals surface area contributed by atoms with Gasteiger partial charge in [0.1, 0.15) is 0 Å². The van der Waals surface area contributed by atoms with E-state index in [-0.39, 0.29) is 17.1 Å². The number of rotatable bonds is 3. The fourth-order valence-electron chi connectivity index (χ4n) is 2.52. The molecule has 1 heterocycles. The van der Waals surface area contributed by atoms with Gasteiger partial charge >= 0.3 is 0 Å². The van der Waals surface area contributed by atoms with Crippen molar-refractivity contribution in [2.75, 3.05) is 6.26 Å². The van der Waals surface area contributed by atoms with Crippen molar-refractivity contribution in [3.8, 4) is 0 Å². The first-order chi connectivity index (χ1) is 8.64. The number of carbonyl (C=O) groups excluding carboxylic acids is 2. The monoisotopic (exact) mass is 263 g/mol. The number of thioether (sulfide) groups is 1. The molecule has 1 fully saturated rings. The zero-order chi connectivity index (χ0) is 13.2. The van der Waals surface area contributed by atoms with Crippen LogP contribution < -0.4 is 5.32 Å². The molecule has 0 saturated carbocycles. The van der Waals surface area contributed by atoms with Crippen molar-refractivity contribution in [2.45, 2.75) is 30.4 Å². The van der Waals surface area contributed by atoms with E-state index in [1.807, 2.05) is 43.5 Å². The Bertz CT molecular complexity index is 460. The number of carbonyl (C=O) groups is 2. The van der Waals surface area contributed by atoms with Crippen LogP contribution in [0.1, 0.15) is 25.3 Å². The number of piperidine rings is 1. The van der Waals surface area contributed by atoms with E-state index in [1.165, 1.54) is 11.8 Å². The first kappa shape index (κ1) is 13.1. The lowest BCUT2D eigenvalue weighted by Crippen LogP contribution is -2.56. The third kappa shape index (κ3) is 2.05. The summed E-state index contributed by atoms with van der Waals surface area (Å²) in [5.74, 6) is -0.320. The highest BCUT2D eigenvalue weighted by atomic mass is 32.2. The van der Waals surface area contributed by atoms with Crippen LogP contribution in [0.4, 0.5) is 0 Å². The molecular weight excluding hydrogens is 246 g/mol. The number of hydrogen-bond acceptors (Lipinski definition) is 3. The van der Waals surface area contributed by atoms with Gasteiger partial charge in [0.2, 0.25) is 11.8 Å². The van der Waals surface area contributed by atoms with Crippen LogP contribution >= 0.6 is 11.8 Å². The highest BCUT2D eigenvalue weighted by Gasteiger charge is 2.46. The smallest absolute Gasteiger partial charge is 0.239 e. The third-order valence-electron chi connectivity index (χ3n) is 3.71. The summed E-state index contributed by atoms with van der Waals surface area (Å²) < 4.78 is 0. The van der Waals surface area contributed by atoms with Crippen molar-refractivity contribution >= 4 is 23.6 Å². The van der Waals surface area contributed by atoms with E-state index in [9.17, 15) is 9.59 Å². The van der Waals surface area contributed by atoms with Crippen molar-refractivity contribution in [3.05, 3.63) is 35.9 Å². The maximum atomic E-state index is 12.3. The molecule has 4 heteroatoms. The molecule has 0 radical (unpaired) electrons. The zero-order valence-electron chi connectivity index (χ0n) is 10.6. The van der Waals surface area contributed by atoms with Crippen molar-refractivity contribution < 1.29 is 9.59 Å². The van der Waals surface area contributed by atoms with Gasteiger partial charge in [-0.15, -0.1) is 0 Å². The third-order valence-corrected chi connectivity index (χ3v) is 4.66. The molecule has 0 bridgehead atoms. The molecule has 2 unspecified atom stereocenters. The minimum atomic E-state index is -0.567. The second-order valence-corrected chi connectivity index (χ2v) is 5.59. The standard InChI is InChI=1S/C14H17NO2S/c1-3-14(10-7-5-4-6-8-10)9-11(18-2)12(16)15-13(14)17/h4-8,11H,3,9H2,1-2H3,(H,15,16,17). The van der Waals surface area contributed by atoms with E-state index in [0.717, 1.165) is 5.56 Å². The number of nitrogens with one attached hydrogen (secondary N) is 1. The molecule has 2 amide bonds. The summed E-state index contributed by atoms with van der Waals surface area (Å²) >= 11 is 1.50. The van der Waals surface area contributed by atoms with Crippen molar-refractivity contribution in [1.82, 2.24) is 5.32 Å². The molecule has 96 valence electrons. The normalized spacial score (nSPS) is 28.0. The van der Waals surface area contributed by atoms with Crippen LogP contribution in [0.2, 0.25) is 0 Å². The van der Waals surface area contributed by atoms with Crippen LogP contribution in [0.15, 0.2) is 30.3 Å². The largest absolute Gasteiger partial charge is 0.295 e. The SMILES string of the molecule is CCC1(c2ccccc2)CC(SC)C(=O)NC1=O. The molecule has 1 aliphatic rings. The van der Waals surface area contributed by atoms with E-state index >= 15 is 0 Å². The molecule has 1 aromatic rings. The van der Waals surface area contributed by atoms with Crippen LogP contribution in [0.3, 0.4) is 0 Å². The summed E-state index contributed by atoms with van der Waals surface area (Å²) in [7, 11) is 0. The number of hydrogen-bond donors (Lipinski definition) is 1. The summed E-state index contributed by atoms with van der Waals surface area (Å²) in [5, 5.41) is 2.37. The number of amides is 2. The van der Waals surface area contributed by atoms with E-state index in [0.29, 0.717) is 12.8 Å². The first-order valence-corrected chi connectivity index (χ1v) is 7.36. The fourth-order valence-corrected chi connectivity index (χ4v) is 3.24. The maximum absolute atomic E-state index is 12.3. The Morgan fingerprint density at radius 3 is 2.56 bits per heavy atom. The van der Waals surface area contributed by atoms with Crippen LogP contribution in [-0.2, 0) is 15.0 Å². The van der Waals surface area contributed by atoms with Gasteiger partial charge in [-0.25, -0.2) is 0 Å². The molecule has 1 aromatic carbocycles. The first-order valence-electron chi connectivity index (χ1n) is 6.07. The van der Waals surface area contributed by atoms with Gasteiger partial charge in [-0.2, -0.15) is 11.8 Å². The summed E-state index contributed by atoms with van der Waals surface area (Å²) in [6.45, 7) is 2.00. The maximum Gasteiger partial charge on any atom is 0.239 e. The van der Waals surface area contributed by atoms with Gasteiger partial charge in [0.15, 0.2) is 0 Å². The molecule has 2 rings (SSSR count). The summed E-state index contributed by atoms with van der Waals surface area (Å²) in [6.07, 6.45) is 3.19. The van der Waals surface area contributed by atoms with Crippen LogP contribution in [0.25, 0.3) is 0 Å². The lowest BCUT2D eigenvalue weighted by atomic mass is 9.72. The highest BCUT2D eigenvalue weighted by molar-refractivity contribution is 7.99. The topological polar surface area (TPSA) is 46.2 Å². The van der Waals surface area contributed by atoms with Crippen LogP contribution in [0, 0.1) is 0 Å². The lowest BCUT2D eigenvalue weighted by molar-refractivity contribution is -0.137. The Labute approximate surface area is 111 Å². The molecule has 18 heavy (non-hydrogen) atoms. The Balaban J connectivity index is 2.42. The summed E-state index contributed by atoms with van der Waals surface area (Å²) in [5.41, 5.74) is 0.430. The zero-order valence-corrected chi connectivity index (χ0v) is 11.4. The summed E-state index contributed by atoms with van der Waals surface area (Å²) in [6, 6.07) is 9.74. The lowest BCUT2D eigenvalue weighted by Gasteiger charge is -2.38. The Morgan fingerprint density at radius 2 is 2.00 bits per heavy atom. The molecule has 1 saturated heterocycles. The Morgan fingerprint density at radius 1 is 1.33 bits per heavy atom. The van der Waals surface area contributed by atoms with Gasteiger partial charge in [-0.05, 0) is 24.7 Å². The van der Waals surface area contributed by atoms with Gasteiger partial charge in [0.05, 0.1) is 10.7 Å². The predicted octanol–water partition coefficient (Wildman–Crippen LogP) is 2.11. The average Bonchev–Trinajstić information content (AvgIpc) is 2.40. The highest BCUT2D eigenvalue weighted by Crippen LogP contribution is 2.38. The second kappa shape index (κ2) is 5.14. The summed E-state index contributed by atoms with van der Waals surface area (Å²) in [4.78, 5) is 24.0. The van der Waals surface area contributed by atoms with Gasteiger partial charge in [0, 0.05) is 0 Å². The van der Waals surface area contributed by atoms with Crippen molar-refractivity contribution in [1.29, 1.82) is 0 Å². The molecule has 1 aliphatic heterocycles. The minimum Gasteiger partial charge on any atom is -0.295 e. The molecule has 1 N–H and O–H groups in total. The predicted molar refractivity (Wildman–Crippen MR) is 73.5 cm³/mol. The number of imide groups is 1. The van der Waals surface area contributed by atoms with Crippen molar-refractivity contribution in [3.63, 3.8) is 0 Å². The van der Waals surface area contributed by atoms with Gasteiger partial charge in [0.25, 0.3) is 0 Å². The average molecular weight is 263 g/mol. The minimum absolute atomic E-state index is 0.150. The molecule has 0 aliphatic carbocycles. The van der Waals surface area contributed by atoms with Gasteiger partial charge in [-0.3, -0.25) is 14.9 Å². The van der Waals surface area contributed by atoms with Gasteiger partial charge < -0.3 is 0 Å². The van der Waals surface area contributed by atoms with Crippen LogP contribution in [-0.4, -0.2) is 23.3 Å². The van der Waals surface area contributed by atoms with E-state index in [2.05, 4.69) is 5.32 Å². The van der Waals surface area contributed by atoms with E-state index < -0.39 is 5.41 Å². The van der Waals surface area contributed by atoms with E-state index in [4.69, 9.17) is 0 Å². The molecular formula is C14H17NO2S. The Hall–Kier alpha value is -1.29. The number of benzene rings is 1. The Kier molecular flexibility index (Phi) is 3.76. The second-order valence-electron chi connectivity index (χ2n) is 4.55. The fraction of sp³-hybridized carbons (Fsp3) is 0.429. The van der Waals surface area contributed by atoms with Crippen LogP contribution in [0.5, 0.6) is 0 Å². The molecule has 2 atom stereocenters. The quantitative estimate of drug-likeness (QED) is 0.850. The molecule has 3 nitrogen and oxygen atoms in total.